The van der Waals surface area contributed by atoms with Gasteiger partial charge in [0.2, 0.25) is 10.0 Å². The average molecular weight is 408 g/mol. The van der Waals surface area contributed by atoms with Gasteiger partial charge in [-0.25, -0.2) is 17.7 Å². The highest BCUT2D eigenvalue weighted by Gasteiger charge is 2.20. The molecule has 0 aliphatic heterocycles. The van der Waals surface area contributed by atoms with Crippen LogP contribution >= 0.6 is 22.9 Å². The Morgan fingerprint density at radius 3 is 2.46 bits per heavy atom. The smallest absolute Gasteiger partial charge is 0.242 e. The molecule has 0 aliphatic carbocycles. The standard InChI is InChI=1S/C18H18ClN3O2S2/c1-21(2)26(23,24)14-9-10-16(19)15(11-14)17-12-25-18(22(17)3)20-13-7-5-4-6-8-13/h4-12H,1-3H3/b20-18+. The molecule has 8 heteroatoms. The molecule has 1 aromatic heterocycles. The van der Waals surface area contributed by atoms with Crippen molar-refractivity contribution < 1.29 is 8.42 Å². The molecule has 0 N–H and O–H groups in total. The third-order valence-electron chi connectivity index (χ3n) is 3.90. The van der Waals surface area contributed by atoms with E-state index in [1.165, 1.54) is 35.8 Å². The summed E-state index contributed by atoms with van der Waals surface area (Å²) in [7, 11) is 1.36. The van der Waals surface area contributed by atoms with E-state index in [-0.39, 0.29) is 4.90 Å². The molecule has 0 saturated carbocycles. The molecule has 0 saturated heterocycles. The van der Waals surface area contributed by atoms with Crippen LogP contribution in [0.25, 0.3) is 11.3 Å². The molecule has 2 aromatic carbocycles. The molecule has 0 amide bonds. The summed E-state index contributed by atoms with van der Waals surface area (Å²) >= 11 is 7.83. The quantitative estimate of drug-likeness (QED) is 0.658. The zero-order valence-corrected chi connectivity index (χ0v) is 16.9. The number of nitrogens with zero attached hydrogens (tertiary/aromatic N) is 3. The van der Waals surface area contributed by atoms with Gasteiger partial charge in [0.25, 0.3) is 0 Å². The molecule has 3 rings (SSSR count). The van der Waals surface area contributed by atoms with Crippen LogP contribution in [0.1, 0.15) is 0 Å². The minimum atomic E-state index is -3.53. The molecule has 0 aliphatic rings. The van der Waals surface area contributed by atoms with Gasteiger partial charge in [0.05, 0.1) is 16.3 Å². The first-order valence-electron chi connectivity index (χ1n) is 7.77. The van der Waals surface area contributed by atoms with Crippen molar-refractivity contribution in [3.63, 3.8) is 0 Å². The van der Waals surface area contributed by atoms with Crippen molar-refractivity contribution in [2.45, 2.75) is 4.90 Å². The molecule has 136 valence electrons. The molecule has 0 spiro atoms. The SMILES string of the molecule is CN(C)S(=O)(=O)c1ccc(Cl)c(-c2cs/c(=N/c3ccccc3)n2C)c1. The summed E-state index contributed by atoms with van der Waals surface area (Å²) in [4.78, 5) is 5.63. The Hall–Kier alpha value is -1.93. The Kier molecular flexibility index (Phi) is 5.34. The van der Waals surface area contributed by atoms with Gasteiger partial charge in [0, 0.05) is 37.1 Å². The van der Waals surface area contributed by atoms with Gasteiger partial charge >= 0.3 is 0 Å². The second-order valence-corrected chi connectivity index (χ2v) is 9.23. The number of rotatable bonds is 4. The van der Waals surface area contributed by atoms with E-state index in [9.17, 15) is 8.42 Å². The highest BCUT2D eigenvalue weighted by Crippen LogP contribution is 2.31. The molecule has 3 aromatic rings. The van der Waals surface area contributed by atoms with Crippen molar-refractivity contribution in [1.82, 2.24) is 8.87 Å². The fourth-order valence-corrected chi connectivity index (χ4v) is 4.46. The van der Waals surface area contributed by atoms with Crippen LogP contribution in [0.15, 0.2) is 63.8 Å². The van der Waals surface area contributed by atoms with E-state index in [1.54, 1.807) is 12.1 Å². The summed E-state index contributed by atoms with van der Waals surface area (Å²) in [5, 5.41) is 2.41. The zero-order chi connectivity index (χ0) is 18.9. The summed E-state index contributed by atoms with van der Waals surface area (Å²) in [5.74, 6) is 0. The largest absolute Gasteiger partial charge is 0.319 e. The predicted molar refractivity (Wildman–Crippen MR) is 106 cm³/mol. The van der Waals surface area contributed by atoms with E-state index in [0.717, 1.165) is 16.2 Å². The first-order valence-corrected chi connectivity index (χ1v) is 10.5. The van der Waals surface area contributed by atoms with Crippen LogP contribution in [-0.2, 0) is 17.1 Å². The highest BCUT2D eigenvalue weighted by molar-refractivity contribution is 7.89. The number of thiazole rings is 1. The van der Waals surface area contributed by atoms with E-state index in [1.807, 2.05) is 47.3 Å². The molecule has 0 bridgehead atoms. The maximum absolute atomic E-state index is 12.4. The summed E-state index contributed by atoms with van der Waals surface area (Å²) < 4.78 is 27.9. The van der Waals surface area contributed by atoms with E-state index in [4.69, 9.17) is 11.6 Å². The number of sulfonamides is 1. The molecule has 1 heterocycles. The predicted octanol–water partition coefficient (Wildman–Crippen LogP) is 3.89. The fourth-order valence-electron chi connectivity index (χ4n) is 2.40. The van der Waals surface area contributed by atoms with Crippen molar-refractivity contribution in [2.75, 3.05) is 14.1 Å². The van der Waals surface area contributed by atoms with Gasteiger partial charge < -0.3 is 4.57 Å². The maximum Gasteiger partial charge on any atom is 0.242 e. The lowest BCUT2D eigenvalue weighted by molar-refractivity contribution is 0.521. The first kappa shape index (κ1) is 18.8. The van der Waals surface area contributed by atoms with Crippen LogP contribution in [0.5, 0.6) is 0 Å². The minimum Gasteiger partial charge on any atom is -0.319 e. The topological polar surface area (TPSA) is 54.7 Å². The molecule has 0 fully saturated rings. The van der Waals surface area contributed by atoms with Crippen molar-refractivity contribution in [2.24, 2.45) is 12.0 Å². The van der Waals surface area contributed by atoms with Gasteiger partial charge in [-0.2, -0.15) is 0 Å². The molecule has 0 unspecified atom stereocenters. The van der Waals surface area contributed by atoms with E-state index >= 15 is 0 Å². The number of halogens is 1. The fraction of sp³-hybridized carbons (Fsp3) is 0.167. The maximum atomic E-state index is 12.4. The molecular formula is C18H18ClN3O2S2. The first-order chi connectivity index (χ1) is 12.3. The monoisotopic (exact) mass is 407 g/mol. The molecular weight excluding hydrogens is 390 g/mol. The Balaban J connectivity index is 2.13. The van der Waals surface area contributed by atoms with Crippen LogP contribution in [0.4, 0.5) is 5.69 Å². The van der Waals surface area contributed by atoms with Gasteiger partial charge in [-0.1, -0.05) is 29.8 Å². The number of para-hydroxylation sites is 1. The number of aromatic nitrogens is 1. The van der Waals surface area contributed by atoms with Gasteiger partial charge in [-0.15, -0.1) is 11.3 Å². The highest BCUT2D eigenvalue weighted by atomic mass is 35.5. The van der Waals surface area contributed by atoms with E-state index < -0.39 is 10.0 Å². The average Bonchev–Trinajstić information content (AvgIpc) is 2.96. The van der Waals surface area contributed by atoms with E-state index in [2.05, 4.69) is 4.99 Å². The Bertz CT molecular complexity index is 1100. The molecule has 26 heavy (non-hydrogen) atoms. The number of hydrogen-bond donors (Lipinski definition) is 0. The van der Waals surface area contributed by atoms with Crippen LogP contribution < -0.4 is 4.80 Å². The molecule has 0 atom stereocenters. The van der Waals surface area contributed by atoms with Crippen molar-refractivity contribution >= 4 is 38.6 Å². The van der Waals surface area contributed by atoms with Crippen LogP contribution in [0.2, 0.25) is 5.02 Å². The van der Waals surface area contributed by atoms with Crippen molar-refractivity contribution in [1.29, 1.82) is 0 Å². The minimum absolute atomic E-state index is 0.203. The Labute approximate surface area is 161 Å². The number of benzene rings is 2. The summed E-state index contributed by atoms with van der Waals surface area (Å²) in [6.45, 7) is 0. The Morgan fingerprint density at radius 2 is 1.81 bits per heavy atom. The normalized spacial score (nSPS) is 12.7. The van der Waals surface area contributed by atoms with Gasteiger partial charge in [-0.05, 0) is 30.3 Å². The van der Waals surface area contributed by atoms with E-state index in [0.29, 0.717) is 10.6 Å². The molecule has 5 nitrogen and oxygen atoms in total. The lowest BCUT2D eigenvalue weighted by Gasteiger charge is -2.13. The lowest BCUT2D eigenvalue weighted by atomic mass is 10.2. The van der Waals surface area contributed by atoms with Crippen molar-refractivity contribution in [3.8, 4) is 11.3 Å². The van der Waals surface area contributed by atoms with Gasteiger partial charge in [0.15, 0.2) is 4.80 Å². The third-order valence-corrected chi connectivity index (χ3v) is 6.96. The summed E-state index contributed by atoms with van der Waals surface area (Å²) in [6, 6.07) is 14.4. The lowest BCUT2D eigenvalue weighted by Crippen LogP contribution is -2.22. The van der Waals surface area contributed by atoms with Gasteiger partial charge in [-0.3, -0.25) is 0 Å². The summed E-state index contributed by atoms with van der Waals surface area (Å²) in [6.07, 6.45) is 0. The number of hydrogen-bond acceptors (Lipinski definition) is 4. The Morgan fingerprint density at radius 1 is 1.12 bits per heavy atom. The second kappa shape index (κ2) is 7.36. The second-order valence-electron chi connectivity index (χ2n) is 5.84. The zero-order valence-electron chi connectivity index (χ0n) is 14.5. The van der Waals surface area contributed by atoms with Crippen LogP contribution in [0, 0.1) is 0 Å². The van der Waals surface area contributed by atoms with Gasteiger partial charge in [0.1, 0.15) is 0 Å². The van der Waals surface area contributed by atoms with Crippen LogP contribution in [-0.4, -0.2) is 31.4 Å². The van der Waals surface area contributed by atoms with Crippen LogP contribution in [0.3, 0.4) is 0 Å². The molecule has 0 radical (unpaired) electrons. The summed E-state index contributed by atoms with van der Waals surface area (Å²) in [5.41, 5.74) is 2.32. The third kappa shape index (κ3) is 3.61. The van der Waals surface area contributed by atoms with Crippen molar-refractivity contribution in [3.05, 3.63) is 63.7 Å².